The molecule has 19 heavy (non-hydrogen) atoms. The molecule has 0 aromatic carbocycles. The van der Waals surface area contributed by atoms with Gasteiger partial charge in [0.15, 0.2) is 5.13 Å². The smallest absolute Gasteiger partial charge is 0.256 e. The van der Waals surface area contributed by atoms with E-state index in [9.17, 15) is 4.79 Å². The number of likely N-dealkylation sites (N-methyl/N-ethyl adjacent to an activating group) is 1. The molecule has 2 aromatic heterocycles. The van der Waals surface area contributed by atoms with Crippen molar-refractivity contribution in [3.05, 3.63) is 27.9 Å². The summed E-state index contributed by atoms with van der Waals surface area (Å²) in [6.07, 6.45) is 5.22. The average Bonchev–Trinajstić information content (AvgIpc) is 2.90. The van der Waals surface area contributed by atoms with Crippen molar-refractivity contribution in [2.75, 3.05) is 11.9 Å². The SMILES string of the molecule is Cc1csc(N(C)C(=O)C2(n3cc(Br)cn3)CC2)n1. The number of hydrogen-bond acceptors (Lipinski definition) is 4. The number of thiazole rings is 1. The summed E-state index contributed by atoms with van der Waals surface area (Å²) < 4.78 is 2.65. The number of carbonyl (C=O) groups excluding carboxylic acids is 1. The van der Waals surface area contributed by atoms with Gasteiger partial charge >= 0.3 is 0 Å². The Kier molecular flexibility index (Phi) is 2.98. The van der Waals surface area contributed by atoms with Crippen LogP contribution in [0.1, 0.15) is 18.5 Å². The van der Waals surface area contributed by atoms with Crippen molar-refractivity contribution in [2.45, 2.75) is 25.3 Å². The lowest BCUT2D eigenvalue weighted by Gasteiger charge is -2.21. The number of rotatable bonds is 3. The van der Waals surface area contributed by atoms with Crippen LogP contribution in [0.5, 0.6) is 0 Å². The van der Waals surface area contributed by atoms with Crippen LogP contribution in [0.15, 0.2) is 22.2 Å². The minimum Gasteiger partial charge on any atom is -0.289 e. The van der Waals surface area contributed by atoms with Crippen LogP contribution in [-0.2, 0) is 10.3 Å². The van der Waals surface area contributed by atoms with Gasteiger partial charge in [-0.25, -0.2) is 4.98 Å². The first kappa shape index (κ1) is 12.8. The molecular formula is C12H13BrN4OS. The fourth-order valence-electron chi connectivity index (χ4n) is 2.09. The number of carbonyl (C=O) groups is 1. The van der Waals surface area contributed by atoms with Gasteiger partial charge in [0.25, 0.3) is 5.91 Å². The van der Waals surface area contributed by atoms with E-state index in [1.165, 1.54) is 11.3 Å². The van der Waals surface area contributed by atoms with E-state index in [0.29, 0.717) is 0 Å². The van der Waals surface area contributed by atoms with Crippen LogP contribution >= 0.6 is 27.3 Å². The minimum absolute atomic E-state index is 0.0532. The molecule has 1 fully saturated rings. The lowest BCUT2D eigenvalue weighted by Crippen LogP contribution is -2.40. The lowest BCUT2D eigenvalue weighted by molar-refractivity contribution is -0.123. The molecular weight excluding hydrogens is 328 g/mol. The number of anilines is 1. The van der Waals surface area contributed by atoms with Gasteiger partial charge in [-0.2, -0.15) is 5.10 Å². The second-order valence-electron chi connectivity index (χ2n) is 4.77. The van der Waals surface area contributed by atoms with Gasteiger partial charge in [0.05, 0.1) is 16.4 Å². The van der Waals surface area contributed by atoms with Crippen LogP contribution in [0, 0.1) is 6.92 Å². The summed E-state index contributed by atoms with van der Waals surface area (Å²) in [7, 11) is 1.78. The van der Waals surface area contributed by atoms with Crippen molar-refractivity contribution in [3.63, 3.8) is 0 Å². The van der Waals surface area contributed by atoms with Crippen LogP contribution < -0.4 is 4.90 Å². The van der Waals surface area contributed by atoms with Crippen molar-refractivity contribution in [1.29, 1.82) is 0 Å². The van der Waals surface area contributed by atoms with Gasteiger partial charge < -0.3 is 0 Å². The maximum atomic E-state index is 12.7. The molecule has 0 spiro atoms. The summed E-state index contributed by atoms with van der Waals surface area (Å²) in [5, 5.41) is 6.94. The third kappa shape index (κ3) is 2.10. The lowest BCUT2D eigenvalue weighted by atomic mass is 10.2. The zero-order chi connectivity index (χ0) is 13.6. The molecule has 100 valence electrons. The van der Waals surface area contributed by atoms with Gasteiger partial charge in [0.2, 0.25) is 0 Å². The first-order valence-electron chi connectivity index (χ1n) is 5.94. The highest BCUT2D eigenvalue weighted by Gasteiger charge is 2.54. The van der Waals surface area contributed by atoms with Crippen molar-refractivity contribution < 1.29 is 4.79 Å². The van der Waals surface area contributed by atoms with Gasteiger partial charge in [-0.3, -0.25) is 14.4 Å². The van der Waals surface area contributed by atoms with Gasteiger partial charge in [0.1, 0.15) is 5.54 Å². The first-order chi connectivity index (χ1) is 9.03. The highest BCUT2D eigenvalue weighted by molar-refractivity contribution is 9.10. The quantitative estimate of drug-likeness (QED) is 0.862. The van der Waals surface area contributed by atoms with Crippen molar-refractivity contribution >= 4 is 38.3 Å². The molecule has 0 radical (unpaired) electrons. The third-order valence-corrected chi connectivity index (χ3v) is 4.75. The molecule has 5 nitrogen and oxygen atoms in total. The fraction of sp³-hybridized carbons (Fsp3) is 0.417. The molecule has 2 heterocycles. The monoisotopic (exact) mass is 340 g/mol. The van der Waals surface area contributed by atoms with Crippen LogP contribution in [0.2, 0.25) is 0 Å². The standard InChI is InChI=1S/C12H13BrN4OS/c1-8-7-19-11(15-8)16(2)10(18)12(3-4-12)17-6-9(13)5-14-17/h5-7H,3-4H2,1-2H3. The molecule has 3 rings (SSSR count). The Morgan fingerprint density at radius 2 is 2.32 bits per heavy atom. The molecule has 1 aliphatic carbocycles. The predicted molar refractivity (Wildman–Crippen MR) is 77.4 cm³/mol. The zero-order valence-electron chi connectivity index (χ0n) is 10.6. The number of hydrogen-bond donors (Lipinski definition) is 0. The van der Waals surface area contributed by atoms with Crippen molar-refractivity contribution in [3.8, 4) is 0 Å². The average molecular weight is 341 g/mol. The van der Waals surface area contributed by atoms with Crippen LogP contribution in [0.25, 0.3) is 0 Å². The van der Waals surface area contributed by atoms with E-state index < -0.39 is 5.54 Å². The topological polar surface area (TPSA) is 51.0 Å². The Labute approximate surface area is 123 Å². The minimum atomic E-state index is -0.514. The summed E-state index contributed by atoms with van der Waals surface area (Å²) in [6.45, 7) is 1.93. The molecule has 0 bridgehead atoms. The Bertz CT molecular complexity index is 631. The number of amides is 1. The van der Waals surface area contributed by atoms with Crippen LogP contribution in [0.4, 0.5) is 5.13 Å². The molecule has 1 aliphatic rings. The second-order valence-corrected chi connectivity index (χ2v) is 6.52. The molecule has 0 atom stereocenters. The highest BCUT2D eigenvalue weighted by Crippen LogP contribution is 2.45. The Morgan fingerprint density at radius 3 is 2.79 bits per heavy atom. The molecule has 0 saturated heterocycles. The van der Waals surface area contributed by atoms with E-state index in [1.807, 2.05) is 18.5 Å². The number of nitrogens with zero attached hydrogens (tertiary/aromatic N) is 4. The molecule has 0 unspecified atom stereocenters. The van der Waals surface area contributed by atoms with Crippen molar-refractivity contribution in [2.24, 2.45) is 0 Å². The summed E-state index contributed by atoms with van der Waals surface area (Å²) >= 11 is 4.85. The van der Waals surface area contributed by atoms with Gasteiger partial charge in [-0.1, -0.05) is 0 Å². The molecule has 1 amide bonds. The Hall–Kier alpha value is -1.21. The number of aromatic nitrogens is 3. The largest absolute Gasteiger partial charge is 0.289 e. The Morgan fingerprint density at radius 1 is 1.58 bits per heavy atom. The summed E-state index contributed by atoms with van der Waals surface area (Å²) in [6, 6.07) is 0. The van der Waals surface area contributed by atoms with E-state index in [2.05, 4.69) is 26.0 Å². The molecule has 7 heteroatoms. The number of aryl methyl sites for hydroxylation is 1. The maximum absolute atomic E-state index is 12.7. The predicted octanol–water partition coefficient (Wildman–Crippen LogP) is 2.56. The molecule has 2 aromatic rings. The van der Waals surface area contributed by atoms with E-state index in [-0.39, 0.29) is 5.91 Å². The molecule has 0 N–H and O–H groups in total. The summed E-state index contributed by atoms with van der Waals surface area (Å²) in [5.41, 5.74) is 0.423. The van der Waals surface area contributed by atoms with E-state index in [0.717, 1.165) is 28.1 Å². The highest BCUT2D eigenvalue weighted by atomic mass is 79.9. The maximum Gasteiger partial charge on any atom is 0.256 e. The van der Waals surface area contributed by atoms with Gasteiger partial charge in [0, 0.05) is 18.6 Å². The van der Waals surface area contributed by atoms with Crippen LogP contribution in [-0.4, -0.2) is 27.7 Å². The van der Waals surface area contributed by atoms with E-state index in [4.69, 9.17) is 0 Å². The third-order valence-electron chi connectivity index (χ3n) is 3.31. The normalized spacial score (nSPS) is 16.4. The van der Waals surface area contributed by atoms with Crippen LogP contribution in [0.3, 0.4) is 0 Å². The fourth-order valence-corrected chi connectivity index (χ4v) is 3.14. The van der Waals surface area contributed by atoms with E-state index >= 15 is 0 Å². The Balaban J connectivity index is 1.88. The van der Waals surface area contributed by atoms with Gasteiger partial charge in [-0.05, 0) is 35.7 Å². The number of halogens is 1. The van der Waals surface area contributed by atoms with E-state index in [1.54, 1.807) is 22.8 Å². The molecule has 1 saturated carbocycles. The molecule has 0 aliphatic heterocycles. The van der Waals surface area contributed by atoms with Gasteiger partial charge in [-0.15, -0.1) is 11.3 Å². The second kappa shape index (κ2) is 4.42. The van der Waals surface area contributed by atoms with Crippen molar-refractivity contribution in [1.82, 2.24) is 14.8 Å². The zero-order valence-corrected chi connectivity index (χ0v) is 13.0. The first-order valence-corrected chi connectivity index (χ1v) is 7.61. The summed E-state index contributed by atoms with van der Waals surface area (Å²) in [4.78, 5) is 18.7. The summed E-state index contributed by atoms with van der Waals surface area (Å²) in [5.74, 6) is 0.0532.